The molecule has 0 radical (unpaired) electrons. The summed E-state index contributed by atoms with van der Waals surface area (Å²) in [5, 5.41) is 6.65. The zero-order valence-electron chi connectivity index (χ0n) is 12.8. The number of benzene rings is 1. The van der Waals surface area contributed by atoms with Gasteiger partial charge in [-0.3, -0.25) is 0 Å². The molecule has 116 valence electrons. The Kier molecular flexibility index (Phi) is 3.03. The Hall–Kier alpha value is -2.85. The van der Waals surface area contributed by atoms with Crippen LogP contribution in [0.5, 0.6) is 0 Å². The van der Waals surface area contributed by atoms with Gasteiger partial charge in [-0.15, -0.1) is 0 Å². The second-order valence-electron chi connectivity index (χ2n) is 5.79. The van der Waals surface area contributed by atoms with Gasteiger partial charge in [-0.1, -0.05) is 24.3 Å². The topological polar surface area (TPSA) is 30.4 Å². The van der Waals surface area contributed by atoms with Crippen molar-refractivity contribution < 1.29 is 4.42 Å². The highest BCUT2D eigenvalue weighted by molar-refractivity contribution is 7.07. The molecule has 0 atom stereocenters. The van der Waals surface area contributed by atoms with Gasteiger partial charge < -0.3 is 8.82 Å². The molecule has 4 heteroatoms. The highest BCUT2D eigenvalue weighted by Crippen LogP contribution is 2.30. The fourth-order valence-corrected chi connectivity index (χ4v) is 3.85. The minimum Gasteiger partial charge on any atom is -0.463 e. The summed E-state index contributed by atoms with van der Waals surface area (Å²) in [4.78, 5) is 4.94. The summed E-state index contributed by atoms with van der Waals surface area (Å²) in [6, 6.07) is 16.5. The largest absolute Gasteiger partial charge is 0.463 e. The van der Waals surface area contributed by atoms with Crippen LogP contribution in [0.1, 0.15) is 11.3 Å². The number of hydrogen-bond acceptors (Lipinski definition) is 3. The standard InChI is InChI=1S/C20H14N2OS/c1-2-5-16-15(4-1)7-9-22-17(12-14-8-11-24-13-14)19(21-20(16)22)18-6-3-10-23-18/h1-11,13H,12H2. The minimum atomic E-state index is 0.813. The molecule has 0 aliphatic rings. The Balaban J connectivity index is 1.83. The van der Waals surface area contributed by atoms with Crippen LogP contribution in [0, 0.1) is 0 Å². The smallest absolute Gasteiger partial charge is 0.154 e. The zero-order chi connectivity index (χ0) is 15.9. The fourth-order valence-electron chi connectivity index (χ4n) is 3.18. The third kappa shape index (κ3) is 2.07. The molecule has 0 amide bonds. The number of rotatable bonds is 3. The second-order valence-corrected chi connectivity index (χ2v) is 6.57. The normalized spacial score (nSPS) is 11.5. The molecule has 0 N–H and O–H groups in total. The summed E-state index contributed by atoms with van der Waals surface area (Å²) >= 11 is 1.72. The maximum atomic E-state index is 5.65. The SMILES string of the molecule is c1coc(-c2nc3c4ccccc4ccn3c2Cc2ccsc2)c1. The van der Waals surface area contributed by atoms with Crippen LogP contribution in [-0.2, 0) is 6.42 Å². The van der Waals surface area contributed by atoms with E-state index < -0.39 is 0 Å². The van der Waals surface area contributed by atoms with Gasteiger partial charge in [0.2, 0.25) is 0 Å². The number of imidazole rings is 1. The van der Waals surface area contributed by atoms with Crippen molar-refractivity contribution in [1.82, 2.24) is 9.38 Å². The van der Waals surface area contributed by atoms with Crippen LogP contribution in [0.4, 0.5) is 0 Å². The first kappa shape index (κ1) is 13.6. The van der Waals surface area contributed by atoms with E-state index in [9.17, 15) is 0 Å². The summed E-state index contributed by atoms with van der Waals surface area (Å²) in [5.74, 6) is 0.813. The Morgan fingerprint density at radius 2 is 2.00 bits per heavy atom. The van der Waals surface area contributed by atoms with E-state index >= 15 is 0 Å². The molecule has 5 rings (SSSR count). The first-order chi connectivity index (χ1) is 11.9. The van der Waals surface area contributed by atoms with E-state index in [1.54, 1.807) is 17.6 Å². The van der Waals surface area contributed by atoms with Crippen molar-refractivity contribution in [2.24, 2.45) is 0 Å². The van der Waals surface area contributed by atoms with Crippen molar-refractivity contribution in [1.29, 1.82) is 0 Å². The van der Waals surface area contributed by atoms with Crippen molar-refractivity contribution in [3.63, 3.8) is 0 Å². The predicted octanol–water partition coefficient (Wildman–Crippen LogP) is 5.40. The summed E-state index contributed by atoms with van der Waals surface area (Å²) in [6.45, 7) is 0. The Morgan fingerprint density at radius 1 is 1.04 bits per heavy atom. The number of nitrogens with zero attached hydrogens (tertiary/aromatic N) is 2. The molecule has 0 saturated carbocycles. The maximum Gasteiger partial charge on any atom is 0.154 e. The lowest BCUT2D eigenvalue weighted by molar-refractivity contribution is 0.579. The number of pyridine rings is 1. The van der Waals surface area contributed by atoms with E-state index in [1.807, 2.05) is 12.1 Å². The van der Waals surface area contributed by atoms with Gasteiger partial charge in [0.05, 0.1) is 12.0 Å². The summed E-state index contributed by atoms with van der Waals surface area (Å²) in [5.41, 5.74) is 4.35. The van der Waals surface area contributed by atoms with E-state index in [4.69, 9.17) is 9.40 Å². The van der Waals surface area contributed by atoms with Crippen molar-refractivity contribution in [3.05, 3.63) is 83.0 Å². The molecule has 0 aliphatic carbocycles. The number of hydrogen-bond donors (Lipinski definition) is 0. The average Bonchev–Trinajstić information content (AvgIpc) is 3.36. The molecule has 5 aromatic rings. The molecule has 3 nitrogen and oxygen atoms in total. The van der Waals surface area contributed by atoms with Gasteiger partial charge in [-0.2, -0.15) is 11.3 Å². The van der Waals surface area contributed by atoms with Crippen molar-refractivity contribution in [2.45, 2.75) is 6.42 Å². The highest BCUT2D eigenvalue weighted by atomic mass is 32.1. The van der Waals surface area contributed by atoms with Crippen LogP contribution in [0.3, 0.4) is 0 Å². The van der Waals surface area contributed by atoms with Crippen LogP contribution in [-0.4, -0.2) is 9.38 Å². The lowest BCUT2D eigenvalue weighted by Crippen LogP contribution is -1.95. The quantitative estimate of drug-likeness (QED) is 0.443. The van der Waals surface area contributed by atoms with Gasteiger partial charge >= 0.3 is 0 Å². The summed E-state index contributed by atoms with van der Waals surface area (Å²) in [7, 11) is 0. The molecule has 0 spiro atoms. The summed E-state index contributed by atoms with van der Waals surface area (Å²) < 4.78 is 7.84. The lowest BCUT2D eigenvalue weighted by atomic mass is 10.1. The summed E-state index contributed by atoms with van der Waals surface area (Å²) in [6.07, 6.45) is 4.64. The molecule has 0 fully saturated rings. The van der Waals surface area contributed by atoms with Crippen molar-refractivity contribution >= 4 is 27.8 Å². The third-order valence-electron chi connectivity index (χ3n) is 4.32. The Morgan fingerprint density at radius 3 is 2.83 bits per heavy atom. The van der Waals surface area contributed by atoms with Gasteiger partial charge in [0, 0.05) is 18.0 Å². The number of furan rings is 1. The third-order valence-corrected chi connectivity index (χ3v) is 5.05. The van der Waals surface area contributed by atoms with Crippen LogP contribution in [0.15, 0.2) is 76.2 Å². The van der Waals surface area contributed by atoms with E-state index in [-0.39, 0.29) is 0 Å². The Bertz CT molecular complexity index is 1120. The molecule has 1 aromatic carbocycles. The molecular weight excluding hydrogens is 316 g/mol. The number of thiophene rings is 1. The van der Waals surface area contributed by atoms with E-state index in [0.29, 0.717) is 0 Å². The van der Waals surface area contributed by atoms with Crippen molar-refractivity contribution in [2.75, 3.05) is 0 Å². The molecule has 4 heterocycles. The first-order valence-electron chi connectivity index (χ1n) is 7.84. The van der Waals surface area contributed by atoms with Gasteiger partial charge in [0.15, 0.2) is 5.76 Å². The van der Waals surface area contributed by atoms with E-state index in [1.165, 1.54) is 10.9 Å². The molecule has 0 bridgehead atoms. The molecule has 0 aliphatic heterocycles. The van der Waals surface area contributed by atoms with Gasteiger partial charge in [-0.05, 0) is 46.0 Å². The van der Waals surface area contributed by atoms with E-state index in [2.05, 4.69) is 57.8 Å². The molecule has 0 saturated heterocycles. The fraction of sp³-hybridized carbons (Fsp3) is 0.0500. The van der Waals surface area contributed by atoms with E-state index in [0.717, 1.165) is 34.6 Å². The maximum absolute atomic E-state index is 5.65. The van der Waals surface area contributed by atoms with Gasteiger partial charge in [0.1, 0.15) is 11.3 Å². The molecule has 4 aromatic heterocycles. The van der Waals surface area contributed by atoms with Crippen LogP contribution in [0.25, 0.3) is 27.9 Å². The molecule has 24 heavy (non-hydrogen) atoms. The predicted molar refractivity (Wildman–Crippen MR) is 97.5 cm³/mol. The Labute approximate surface area is 142 Å². The first-order valence-corrected chi connectivity index (χ1v) is 8.78. The van der Waals surface area contributed by atoms with Crippen LogP contribution < -0.4 is 0 Å². The van der Waals surface area contributed by atoms with Crippen molar-refractivity contribution in [3.8, 4) is 11.5 Å². The van der Waals surface area contributed by atoms with Crippen LogP contribution in [0.2, 0.25) is 0 Å². The highest BCUT2D eigenvalue weighted by Gasteiger charge is 2.18. The number of aromatic nitrogens is 2. The average molecular weight is 330 g/mol. The van der Waals surface area contributed by atoms with Crippen LogP contribution >= 0.6 is 11.3 Å². The molecule has 0 unspecified atom stereocenters. The lowest BCUT2D eigenvalue weighted by Gasteiger charge is -2.04. The second kappa shape index (κ2) is 5.35. The van der Waals surface area contributed by atoms with Gasteiger partial charge in [-0.25, -0.2) is 4.98 Å². The van der Waals surface area contributed by atoms with Gasteiger partial charge in [0.25, 0.3) is 0 Å². The zero-order valence-corrected chi connectivity index (χ0v) is 13.7. The number of fused-ring (bicyclic) bond motifs is 3. The monoisotopic (exact) mass is 330 g/mol. The minimum absolute atomic E-state index is 0.813. The molecular formula is C20H14N2OS.